The number of benzene rings is 11. The summed E-state index contributed by atoms with van der Waals surface area (Å²) in [5, 5.41) is 20.3. The van der Waals surface area contributed by atoms with E-state index in [1.807, 2.05) is 6.07 Å². The Hall–Kier alpha value is -6.44. The van der Waals surface area contributed by atoms with E-state index in [1.165, 1.54) is 97.7 Å². The molecule has 0 fully saturated rings. The van der Waals surface area contributed by atoms with Crippen LogP contribution in [0.4, 0.5) is 0 Å². The second-order valence-corrected chi connectivity index (χ2v) is 13.6. The molecule has 224 valence electrons. The fourth-order valence-corrected chi connectivity index (χ4v) is 8.92. The first-order valence-corrected chi connectivity index (χ1v) is 17.0. The fourth-order valence-electron chi connectivity index (χ4n) is 8.92. The topological polar surface area (TPSA) is 13.1 Å². The first-order valence-electron chi connectivity index (χ1n) is 17.0. The summed E-state index contributed by atoms with van der Waals surface area (Å²) >= 11 is 0. The van der Waals surface area contributed by atoms with E-state index in [1.54, 1.807) is 0 Å². The Labute approximate surface area is 280 Å². The molecule has 0 saturated heterocycles. The number of rotatable bonds is 2. The van der Waals surface area contributed by atoms with E-state index in [4.69, 9.17) is 4.42 Å². The van der Waals surface area contributed by atoms with E-state index >= 15 is 0 Å². The standard InChI is InChI=1S/C48H26O/c1-2-10-43-37(9-1)42-25-34-23-33(35-19-15-31-13-11-27-5-3-7-29-17-21-38(35)47(31)45(27)29)24-41(40(34)26-44(42)49-43)36-20-16-32-14-12-28-6-4-8-30-18-22-39(36)48(32)46(28)30/h1-26H. The molecule has 0 bridgehead atoms. The van der Waals surface area contributed by atoms with E-state index < -0.39 is 0 Å². The van der Waals surface area contributed by atoms with Crippen LogP contribution in [0.15, 0.2) is 162 Å². The molecule has 0 aliphatic carbocycles. The third-order valence-corrected chi connectivity index (χ3v) is 11.1. The summed E-state index contributed by atoms with van der Waals surface area (Å²) < 4.78 is 6.47. The van der Waals surface area contributed by atoms with Gasteiger partial charge in [0.2, 0.25) is 0 Å². The predicted octanol–water partition coefficient (Wildman–Crippen LogP) is 13.9. The van der Waals surface area contributed by atoms with Crippen LogP contribution in [0, 0.1) is 0 Å². The van der Waals surface area contributed by atoms with E-state index in [-0.39, 0.29) is 0 Å². The van der Waals surface area contributed by atoms with Gasteiger partial charge in [-0.05, 0) is 128 Å². The third-order valence-electron chi connectivity index (χ3n) is 11.1. The number of hydrogen-bond acceptors (Lipinski definition) is 1. The van der Waals surface area contributed by atoms with Crippen LogP contribution in [0.2, 0.25) is 0 Å². The maximum absolute atomic E-state index is 6.47. The van der Waals surface area contributed by atoms with E-state index in [0.29, 0.717) is 0 Å². The Bertz CT molecular complexity index is 3290. The average Bonchev–Trinajstić information content (AvgIpc) is 3.52. The van der Waals surface area contributed by atoms with Crippen molar-refractivity contribution >= 4 is 97.3 Å². The number of furan rings is 1. The van der Waals surface area contributed by atoms with Crippen molar-refractivity contribution in [2.24, 2.45) is 0 Å². The SMILES string of the molecule is c1cc2ccc3ccc(-c4cc(-c5ccc6ccc7cccc8ccc5c6c78)c5cc6oc7ccccc7c6cc5c4)c4ccc(c1)c2c34. The fraction of sp³-hybridized carbons (Fsp3) is 0. The molecule has 0 radical (unpaired) electrons. The highest BCUT2D eigenvalue weighted by molar-refractivity contribution is 6.28. The van der Waals surface area contributed by atoms with Crippen LogP contribution in [-0.4, -0.2) is 0 Å². The van der Waals surface area contributed by atoms with Crippen LogP contribution in [-0.2, 0) is 0 Å². The van der Waals surface area contributed by atoms with Crippen LogP contribution >= 0.6 is 0 Å². The molecule has 1 heteroatoms. The average molecular weight is 619 g/mol. The third kappa shape index (κ3) is 3.39. The molecule has 0 aliphatic heterocycles. The Morgan fingerprint density at radius 3 is 1.49 bits per heavy atom. The number of fused-ring (bicyclic) bond motifs is 4. The lowest BCUT2D eigenvalue weighted by Crippen LogP contribution is -1.91. The smallest absolute Gasteiger partial charge is 0.136 e. The molecular formula is C48H26O. The predicted molar refractivity (Wildman–Crippen MR) is 210 cm³/mol. The Morgan fingerprint density at radius 1 is 0.265 bits per heavy atom. The quantitative estimate of drug-likeness (QED) is 0.176. The van der Waals surface area contributed by atoms with Gasteiger partial charge in [0.25, 0.3) is 0 Å². The van der Waals surface area contributed by atoms with Crippen molar-refractivity contribution in [1.29, 1.82) is 0 Å². The summed E-state index contributed by atoms with van der Waals surface area (Å²) in [6.07, 6.45) is 0. The van der Waals surface area contributed by atoms with Gasteiger partial charge < -0.3 is 4.42 Å². The van der Waals surface area contributed by atoms with Gasteiger partial charge in [0, 0.05) is 10.8 Å². The molecule has 0 aliphatic rings. The second-order valence-electron chi connectivity index (χ2n) is 13.6. The maximum atomic E-state index is 6.47. The minimum atomic E-state index is 0.920. The molecule has 0 amide bonds. The monoisotopic (exact) mass is 618 g/mol. The van der Waals surface area contributed by atoms with Gasteiger partial charge in [-0.25, -0.2) is 0 Å². The molecule has 49 heavy (non-hydrogen) atoms. The van der Waals surface area contributed by atoms with Gasteiger partial charge in [-0.2, -0.15) is 0 Å². The van der Waals surface area contributed by atoms with Crippen molar-refractivity contribution in [2.75, 3.05) is 0 Å². The van der Waals surface area contributed by atoms with Crippen molar-refractivity contribution in [1.82, 2.24) is 0 Å². The van der Waals surface area contributed by atoms with Crippen LogP contribution in [0.1, 0.15) is 0 Å². The van der Waals surface area contributed by atoms with Crippen molar-refractivity contribution in [3.8, 4) is 22.3 Å². The summed E-state index contributed by atoms with van der Waals surface area (Å²) in [7, 11) is 0. The summed E-state index contributed by atoms with van der Waals surface area (Å²) in [6.45, 7) is 0. The van der Waals surface area contributed by atoms with Gasteiger partial charge in [0.1, 0.15) is 11.2 Å². The highest BCUT2D eigenvalue weighted by atomic mass is 16.3. The molecular weight excluding hydrogens is 593 g/mol. The molecule has 0 spiro atoms. The minimum Gasteiger partial charge on any atom is -0.456 e. The van der Waals surface area contributed by atoms with Gasteiger partial charge in [0.15, 0.2) is 0 Å². The van der Waals surface area contributed by atoms with Crippen LogP contribution in [0.25, 0.3) is 120 Å². The number of para-hydroxylation sites is 1. The zero-order valence-electron chi connectivity index (χ0n) is 26.4. The molecule has 1 heterocycles. The van der Waals surface area contributed by atoms with Crippen molar-refractivity contribution < 1.29 is 4.42 Å². The van der Waals surface area contributed by atoms with E-state index in [0.717, 1.165) is 21.9 Å². The molecule has 12 aromatic rings. The van der Waals surface area contributed by atoms with E-state index in [2.05, 4.69) is 152 Å². The van der Waals surface area contributed by atoms with Gasteiger partial charge in [-0.15, -0.1) is 0 Å². The molecule has 0 atom stereocenters. The molecule has 12 rings (SSSR count). The largest absolute Gasteiger partial charge is 0.456 e. The van der Waals surface area contributed by atoms with Crippen LogP contribution < -0.4 is 0 Å². The molecule has 0 N–H and O–H groups in total. The lowest BCUT2D eigenvalue weighted by Gasteiger charge is -2.18. The summed E-state index contributed by atoms with van der Waals surface area (Å²) in [5.41, 5.74) is 6.78. The molecule has 1 nitrogen and oxygen atoms in total. The Balaban J connectivity index is 1.23. The van der Waals surface area contributed by atoms with Crippen molar-refractivity contribution in [3.05, 3.63) is 158 Å². The normalized spacial score (nSPS) is 12.5. The maximum Gasteiger partial charge on any atom is 0.136 e. The lowest BCUT2D eigenvalue weighted by atomic mass is 9.85. The summed E-state index contributed by atoms with van der Waals surface area (Å²) in [6, 6.07) is 58.6. The van der Waals surface area contributed by atoms with Gasteiger partial charge >= 0.3 is 0 Å². The molecule has 11 aromatic carbocycles. The molecule has 0 saturated carbocycles. The zero-order valence-corrected chi connectivity index (χ0v) is 26.4. The highest BCUT2D eigenvalue weighted by Gasteiger charge is 2.19. The van der Waals surface area contributed by atoms with Gasteiger partial charge in [-0.3, -0.25) is 0 Å². The first-order chi connectivity index (χ1) is 24.3. The first kappa shape index (κ1) is 25.6. The zero-order chi connectivity index (χ0) is 31.8. The molecule has 1 aromatic heterocycles. The highest BCUT2D eigenvalue weighted by Crippen LogP contribution is 2.46. The summed E-state index contributed by atoms with van der Waals surface area (Å²) in [4.78, 5) is 0. The Kier molecular flexibility index (Phi) is 4.77. The van der Waals surface area contributed by atoms with Crippen molar-refractivity contribution in [3.63, 3.8) is 0 Å². The van der Waals surface area contributed by atoms with E-state index in [9.17, 15) is 0 Å². The summed E-state index contributed by atoms with van der Waals surface area (Å²) in [5.74, 6) is 0. The lowest BCUT2D eigenvalue weighted by molar-refractivity contribution is 0.669. The van der Waals surface area contributed by atoms with Crippen LogP contribution in [0.5, 0.6) is 0 Å². The second kappa shape index (κ2) is 9.13. The van der Waals surface area contributed by atoms with Crippen molar-refractivity contribution in [2.45, 2.75) is 0 Å². The Morgan fingerprint density at radius 2 is 0.816 bits per heavy atom. The van der Waals surface area contributed by atoms with Gasteiger partial charge in [-0.1, -0.05) is 127 Å². The minimum absolute atomic E-state index is 0.920. The molecule has 0 unspecified atom stereocenters. The van der Waals surface area contributed by atoms with Crippen LogP contribution in [0.3, 0.4) is 0 Å². The number of hydrogen-bond donors (Lipinski definition) is 0. The van der Waals surface area contributed by atoms with Gasteiger partial charge in [0.05, 0.1) is 0 Å².